The molecule has 2 atom stereocenters. The fourth-order valence-corrected chi connectivity index (χ4v) is 3.10. The highest BCUT2D eigenvalue weighted by molar-refractivity contribution is 9.10. The Morgan fingerprint density at radius 2 is 2.12 bits per heavy atom. The third-order valence-corrected chi connectivity index (χ3v) is 4.23. The zero-order valence-electron chi connectivity index (χ0n) is 9.83. The quantitative estimate of drug-likeness (QED) is 0.819. The molecule has 0 saturated carbocycles. The second-order valence-electron chi connectivity index (χ2n) is 3.80. The van der Waals surface area contributed by atoms with Crippen LogP contribution in [0.5, 0.6) is 0 Å². The Morgan fingerprint density at radius 3 is 2.62 bits per heavy atom. The van der Waals surface area contributed by atoms with Gasteiger partial charge in [-0.15, -0.1) is 11.8 Å². The summed E-state index contributed by atoms with van der Waals surface area (Å²) in [5.74, 6) is 0. The molecule has 0 fully saturated rings. The van der Waals surface area contributed by atoms with Gasteiger partial charge < -0.3 is 10.4 Å². The summed E-state index contributed by atoms with van der Waals surface area (Å²) in [6, 6.07) is 6.67. The van der Waals surface area contributed by atoms with Gasteiger partial charge in [0.15, 0.2) is 0 Å². The van der Waals surface area contributed by atoms with E-state index in [2.05, 4.69) is 46.4 Å². The summed E-state index contributed by atoms with van der Waals surface area (Å²) in [5.41, 5.74) is 1.25. The van der Waals surface area contributed by atoms with Crippen LogP contribution >= 0.6 is 27.7 Å². The Morgan fingerprint density at radius 1 is 1.44 bits per heavy atom. The van der Waals surface area contributed by atoms with E-state index >= 15 is 0 Å². The maximum absolute atomic E-state index is 9.00. The van der Waals surface area contributed by atoms with Crippen LogP contribution in [0.1, 0.15) is 25.5 Å². The molecule has 0 saturated heterocycles. The summed E-state index contributed by atoms with van der Waals surface area (Å²) in [7, 11) is 1.95. The Hall–Kier alpha value is -0.0300. The lowest BCUT2D eigenvalue weighted by atomic mass is 10.1. The fourth-order valence-electron chi connectivity index (χ4n) is 1.36. The second kappa shape index (κ2) is 6.64. The highest BCUT2D eigenvalue weighted by Crippen LogP contribution is 2.30. The van der Waals surface area contributed by atoms with Gasteiger partial charge in [-0.3, -0.25) is 0 Å². The number of hydrogen-bond donors (Lipinski definition) is 2. The molecule has 0 aliphatic carbocycles. The number of rotatable bonds is 5. The molecule has 0 radical (unpaired) electrons. The van der Waals surface area contributed by atoms with Crippen LogP contribution in [-0.2, 0) is 0 Å². The fraction of sp³-hybridized carbons (Fsp3) is 0.500. The summed E-state index contributed by atoms with van der Waals surface area (Å²) in [6.07, 6.45) is 0. The van der Waals surface area contributed by atoms with Crippen molar-refractivity contribution in [2.24, 2.45) is 0 Å². The van der Waals surface area contributed by atoms with Crippen molar-refractivity contribution < 1.29 is 5.11 Å². The first-order valence-corrected chi connectivity index (χ1v) is 7.00. The van der Waals surface area contributed by atoms with Crippen molar-refractivity contribution in [3.63, 3.8) is 0 Å². The van der Waals surface area contributed by atoms with Gasteiger partial charge in [0.2, 0.25) is 0 Å². The van der Waals surface area contributed by atoms with E-state index in [1.54, 1.807) is 11.8 Å². The van der Waals surface area contributed by atoms with Crippen LogP contribution in [0, 0.1) is 0 Å². The first-order valence-electron chi connectivity index (χ1n) is 5.32. The largest absolute Gasteiger partial charge is 0.395 e. The summed E-state index contributed by atoms with van der Waals surface area (Å²) >= 11 is 5.27. The average Bonchev–Trinajstić information content (AvgIpc) is 2.28. The Balaban J connectivity index is 2.82. The van der Waals surface area contributed by atoms with E-state index in [9.17, 15) is 0 Å². The van der Waals surface area contributed by atoms with E-state index in [-0.39, 0.29) is 11.9 Å². The molecule has 2 unspecified atom stereocenters. The van der Waals surface area contributed by atoms with Crippen molar-refractivity contribution in [1.29, 1.82) is 0 Å². The summed E-state index contributed by atoms with van der Waals surface area (Å²) < 4.78 is 1.12. The molecule has 0 aliphatic rings. The molecular weight excluding hydrogens is 286 g/mol. The van der Waals surface area contributed by atoms with Gasteiger partial charge >= 0.3 is 0 Å². The standard InChI is InChI=1S/C12H18BrNOS/c1-8(7-15)16-10-4-5-11(9(2)14-3)12(13)6-10/h4-6,8-9,14-15H,7H2,1-3H3. The zero-order chi connectivity index (χ0) is 12.1. The van der Waals surface area contributed by atoms with Gasteiger partial charge in [0.25, 0.3) is 0 Å². The molecule has 90 valence electrons. The topological polar surface area (TPSA) is 32.3 Å². The van der Waals surface area contributed by atoms with E-state index < -0.39 is 0 Å². The van der Waals surface area contributed by atoms with E-state index in [1.165, 1.54) is 10.5 Å². The van der Waals surface area contributed by atoms with Crippen LogP contribution in [0.25, 0.3) is 0 Å². The zero-order valence-corrected chi connectivity index (χ0v) is 12.2. The van der Waals surface area contributed by atoms with E-state index in [0.717, 1.165) is 4.47 Å². The average molecular weight is 304 g/mol. The van der Waals surface area contributed by atoms with Crippen molar-refractivity contribution in [3.05, 3.63) is 28.2 Å². The van der Waals surface area contributed by atoms with Crippen LogP contribution in [0.4, 0.5) is 0 Å². The maximum Gasteiger partial charge on any atom is 0.0550 e. The molecule has 0 aromatic heterocycles. The lowest BCUT2D eigenvalue weighted by molar-refractivity contribution is 0.300. The minimum atomic E-state index is 0.205. The summed E-state index contributed by atoms with van der Waals surface area (Å²) in [5, 5.41) is 12.5. The van der Waals surface area contributed by atoms with E-state index in [1.807, 2.05) is 14.0 Å². The number of aliphatic hydroxyl groups is 1. The van der Waals surface area contributed by atoms with Gasteiger partial charge in [-0.2, -0.15) is 0 Å². The third kappa shape index (κ3) is 3.77. The van der Waals surface area contributed by atoms with Crippen LogP contribution < -0.4 is 5.32 Å². The van der Waals surface area contributed by atoms with Crippen LogP contribution in [0.2, 0.25) is 0 Å². The molecule has 1 aromatic rings. The summed E-state index contributed by atoms with van der Waals surface area (Å²) in [6.45, 7) is 4.35. The van der Waals surface area contributed by atoms with Gasteiger partial charge in [0.05, 0.1) is 6.61 Å². The first kappa shape index (κ1) is 14.0. The predicted octanol–water partition coefficient (Wildman–Crippen LogP) is 3.20. The molecule has 0 spiro atoms. The van der Waals surface area contributed by atoms with Crippen LogP contribution in [0.3, 0.4) is 0 Å². The van der Waals surface area contributed by atoms with E-state index in [0.29, 0.717) is 6.04 Å². The number of aliphatic hydroxyl groups excluding tert-OH is 1. The third-order valence-electron chi connectivity index (χ3n) is 2.47. The predicted molar refractivity (Wildman–Crippen MR) is 74.0 cm³/mol. The SMILES string of the molecule is CNC(C)c1ccc(SC(C)CO)cc1Br. The molecular formula is C12H18BrNOS. The summed E-state index contributed by atoms with van der Waals surface area (Å²) in [4.78, 5) is 1.18. The van der Waals surface area contributed by atoms with Crippen LogP contribution in [0.15, 0.2) is 27.6 Å². The van der Waals surface area contributed by atoms with Crippen molar-refractivity contribution in [1.82, 2.24) is 5.32 Å². The Labute approximate surface area is 110 Å². The van der Waals surface area contributed by atoms with Gasteiger partial charge in [0.1, 0.15) is 0 Å². The second-order valence-corrected chi connectivity index (χ2v) is 6.17. The smallest absolute Gasteiger partial charge is 0.0550 e. The number of nitrogens with one attached hydrogen (secondary N) is 1. The first-order chi connectivity index (χ1) is 7.58. The van der Waals surface area contributed by atoms with Crippen molar-refractivity contribution >= 4 is 27.7 Å². The number of hydrogen-bond acceptors (Lipinski definition) is 3. The van der Waals surface area contributed by atoms with Crippen molar-refractivity contribution in [3.8, 4) is 0 Å². The lowest BCUT2D eigenvalue weighted by Gasteiger charge is -2.14. The molecule has 2 N–H and O–H groups in total. The Kier molecular flexibility index (Phi) is 5.83. The molecule has 1 rings (SSSR count). The monoisotopic (exact) mass is 303 g/mol. The molecule has 0 aliphatic heterocycles. The van der Waals surface area contributed by atoms with Crippen molar-refractivity contribution in [2.45, 2.75) is 30.0 Å². The van der Waals surface area contributed by atoms with Gasteiger partial charge in [0, 0.05) is 20.7 Å². The van der Waals surface area contributed by atoms with Gasteiger partial charge in [-0.25, -0.2) is 0 Å². The molecule has 0 amide bonds. The number of halogens is 1. The number of benzene rings is 1. The van der Waals surface area contributed by atoms with Gasteiger partial charge in [-0.1, -0.05) is 28.9 Å². The van der Waals surface area contributed by atoms with Crippen LogP contribution in [-0.4, -0.2) is 24.0 Å². The lowest BCUT2D eigenvalue weighted by Crippen LogP contribution is -2.12. The van der Waals surface area contributed by atoms with E-state index in [4.69, 9.17) is 5.11 Å². The normalized spacial score (nSPS) is 14.8. The maximum atomic E-state index is 9.00. The minimum absolute atomic E-state index is 0.205. The minimum Gasteiger partial charge on any atom is -0.395 e. The van der Waals surface area contributed by atoms with Crippen molar-refractivity contribution in [2.75, 3.05) is 13.7 Å². The molecule has 4 heteroatoms. The molecule has 2 nitrogen and oxygen atoms in total. The molecule has 0 bridgehead atoms. The molecule has 1 aromatic carbocycles. The molecule has 0 heterocycles. The molecule has 16 heavy (non-hydrogen) atoms. The highest BCUT2D eigenvalue weighted by Gasteiger charge is 2.09. The highest BCUT2D eigenvalue weighted by atomic mass is 79.9. The Bertz CT molecular complexity index is 346. The number of thioether (sulfide) groups is 1. The van der Waals surface area contributed by atoms with Gasteiger partial charge in [-0.05, 0) is 31.7 Å².